The Morgan fingerprint density at radius 1 is 1.23 bits per heavy atom. The van der Waals surface area contributed by atoms with Crippen molar-refractivity contribution in [3.8, 4) is 5.75 Å². The molecule has 1 amide bonds. The predicted octanol–water partition coefficient (Wildman–Crippen LogP) is 2.86. The number of ether oxygens (including phenoxy) is 1. The van der Waals surface area contributed by atoms with Gasteiger partial charge in [0.05, 0.1) is 7.11 Å². The lowest BCUT2D eigenvalue weighted by Crippen LogP contribution is -2.58. The number of nitrogens with one attached hydrogen (secondary N) is 1. The summed E-state index contributed by atoms with van der Waals surface area (Å²) in [6, 6.07) is 8.21. The zero-order valence-electron chi connectivity index (χ0n) is 15.9. The van der Waals surface area contributed by atoms with Gasteiger partial charge in [0.2, 0.25) is 0 Å². The summed E-state index contributed by atoms with van der Waals surface area (Å²) in [5.74, 6) is 0.643. The van der Waals surface area contributed by atoms with Crippen LogP contribution in [0.1, 0.15) is 56.9 Å². The summed E-state index contributed by atoms with van der Waals surface area (Å²) in [5, 5.41) is 14.5. The molecule has 1 aromatic rings. The topological polar surface area (TPSA) is 61.8 Å². The Balaban J connectivity index is 1.60. The minimum Gasteiger partial charge on any atom is -0.497 e. The number of amides is 1. The first-order chi connectivity index (χ1) is 12.6. The highest BCUT2D eigenvalue weighted by atomic mass is 16.5. The molecule has 0 radical (unpaired) electrons. The van der Waals surface area contributed by atoms with E-state index < -0.39 is 5.60 Å². The Labute approximate surface area is 156 Å². The van der Waals surface area contributed by atoms with Crippen LogP contribution in [0.15, 0.2) is 24.3 Å². The van der Waals surface area contributed by atoms with Gasteiger partial charge in [0.25, 0.3) is 5.91 Å². The molecule has 1 aliphatic carbocycles. The third kappa shape index (κ3) is 4.77. The van der Waals surface area contributed by atoms with Crippen LogP contribution < -0.4 is 10.1 Å². The lowest BCUT2D eigenvalue weighted by Gasteiger charge is -2.39. The number of likely N-dealkylation sites (tertiary alicyclic amines) is 1. The minimum absolute atomic E-state index is 0.146. The van der Waals surface area contributed by atoms with Crippen LogP contribution >= 0.6 is 0 Å². The lowest BCUT2D eigenvalue weighted by atomic mass is 9.90. The maximum atomic E-state index is 13.0. The van der Waals surface area contributed by atoms with E-state index in [0.717, 1.165) is 30.6 Å². The van der Waals surface area contributed by atoms with Gasteiger partial charge in [0, 0.05) is 25.7 Å². The van der Waals surface area contributed by atoms with Crippen molar-refractivity contribution >= 4 is 5.91 Å². The van der Waals surface area contributed by atoms with E-state index in [4.69, 9.17) is 4.74 Å². The van der Waals surface area contributed by atoms with Crippen molar-refractivity contribution in [3.05, 3.63) is 29.8 Å². The molecule has 1 saturated heterocycles. The molecule has 0 bridgehead atoms. The summed E-state index contributed by atoms with van der Waals surface area (Å²) in [4.78, 5) is 14.7. The second-order valence-corrected chi connectivity index (χ2v) is 7.78. The Hall–Kier alpha value is -1.59. The third-order valence-corrected chi connectivity index (χ3v) is 5.75. The van der Waals surface area contributed by atoms with Gasteiger partial charge in [-0.15, -0.1) is 0 Å². The van der Waals surface area contributed by atoms with E-state index in [2.05, 4.69) is 5.32 Å². The van der Waals surface area contributed by atoms with E-state index >= 15 is 0 Å². The van der Waals surface area contributed by atoms with Gasteiger partial charge in [0.15, 0.2) is 5.60 Å². The summed E-state index contributed by atoms with van der Waals surface area (Å²) in [5.41, 5.74) is -0.248. The summed E-state index contributed by atoms with van der Waals surface area (Å²) in [6.07, 6.45) is 8.76. The Morgan fingerprint density at radius 2 is 2.00 bits per heavy atom. The van der Waals surface area contributed by atoms with Gasteiger partial charge in [-0.05, 0) is 43.4 Å². The zero-order chi connectivity index (χ0) is 18.4. The van der Waals surface area contributed by atoms with Gasteiger partial charge in [-0.25, -0.2) is 0 Å². The normalized spacial score (nSPS) is 25.2. The second-order valence-electron chi connectivity index (χ2n) is 7.78. The van der Waals surface area contributed by atoms with Crippen LogP contribution in [0, 0.1) is 0 Å². The van der Waals surface area contributed by atoms with Crippen molar-refractivity contribution in [1.29, 1.82) is 0 Å². The van der Waals surface area contributed by atoms with Crippen molar-refractivity contribution in [3.63, 3.8) is 0 Å². The average Bonchev–Trinajstić information content (AvgIpc) is 2.93. The fourth-order valence-electron chi connectivity index (χ4n) is 4.17. The molecule has 26 heavy (non-hydrogen) atoms. The molecule has 1 atom stereocenters. The molecule has 5 nitrogen and oxygen atoms in total. The van der Waals surface area contributed by atoms with E-state index in [1.807, 2.05) is 24.3 Å². The number of hydrogen-bond donors (Lipinski definition) is 2. The Bertz CT molecular complexity index is 599. The van der Waals surface area contributed by atoms with Crippen LogP contribution in [-0.2, 0) is 11.3 Å². The van der Waals surface area contributed by atoms with E-state index in [9.17, 15) is 9.90 Å². The summed E-state index contributed by atoms with van der Waals surface area (Å²) in [7, 11) is 1.64. The van der Waals surface area contributed by atoms with Crippen molar-refractivity contribution in [2.24, 2.45) is 0 Å². The Kier molecular flexibility index (Phi) is 6.54. The SMILES string of the molecule is COc1cccc(CN2CCCC(O)(CNC3CCCCCC3)C2=O)c1. The predicted molar refractivity (Wildman–Crippen MR) is 102 cm³/mol. The molecule has 2 aliphatic rings. The fraction of sp³-hybridized carbons (Fsp3) is 0.667. The number of aliphatic hydroxyl groups is 1. The largest absolute Gasteiger partial charge is 0.497 e. The first-order valence-corrected chi connectivity index (χ1v) is 9.99. The molecule has 5 heteroatoms. The first-order valence-electron chi connectivity index (χ1n) is 9.99. The lowest BCUT2D eigenvalue weighted by molar-refractivity contribution is -0.157. The van der Waals surface area contributed by atoms with Gasteiger partial charge < -0.3 is 20.1 Å². The molecule has 2 fully saturated rings. The number of carbonyl (C=O) groups is 1. The molecule has 1 unspecified atom stereocenters. The molecule has 144 valence electrons. The molecule has 1 aromatic carbocycles. The average molecular weight is 360 g/mol. The van der Waals surface area contributed by atoms with Crippen molar-refractivity contribution < 1.29 is 14.6 Å². The zero-order valence-corrected chi connectivity index (χ0v) is 15.9. The van der Waals surface area contributed by atoms with Crippen LogP contribution in [0.4, 0.5) is 0 Å². The highest BCUT2D eigenvalue weighted by Crippen LogP contribution is 2.26. The first kappa shape index (κ1) is 19.2. The van der Waals surface area contributed by atoms with Gasteiger partial charge in [-0.3, -0.25) is 4.79 Å². The quantitative estimate of drug-likeness (QED) is 0.766. The number of rotatable bonds is 6. The molecular weight excluding hydrogens is 328 g/mol. The maximum absolute atomic E-state index is 13.0. The van der Waals surface area contributed by atoms with Crippen molar-refractivity contribution in [2.45, 2.75) is 69.6 Å². The maximum Gasteiger partial charge on any atom is 0.256 e. The Morgan fingerprint density at radius 3 is 2.73 bits per heavy atom. The van der Waals surface area contributed by atoms with Crippen LogP contribution in [0.5, 0.6) is 5.75 Å². The molecule has 2 N–H and O–H groups in total. The fourth-order valence-corrected chi connectivity index (χ4v) is 4.17. The van der Waals surface area contributed by atoms with Gasteiger partial charge in [-0.2, -0.15) is 0 Å². The molecule has 1 aliphatic heterocycles. The summed E-state index contributed by atoms with van der Waals surface area (Å²) >= 11 is 0. The van der Waals surface area contributed by atoms with Crippen LogP contribution in [0.2, 0.25) is 0 Å². The van der Waals surface area contributed by atoms with Gasteiger partial charge in [-0.1, -0.05) is 37.8 Å². The van der Waals surface area contributed by atoms with Crippen LogP contribution in [-0.4, -0.2) is 47.8 Å². The van der Waals surface area contributed by atoms with Crippen molar-refractivity contribution in [2.75, 3.05) is 20.2 Å². The molecule has 1 heterocycles. The van der Waals surface area contributed by atoms with Gasteiger partial charge >= 0.3 is 0 Å². The number of carbonyl (C=O) groups excluding carboxylic acids is 1. The minimum atomic E-state index is -1.27. The number of piperidine rings is 1. The molecule has 1 saturated carbocycles. The molecule has 0 spiro atoms. The molecule has 3 rings (SSSR count). The summed E-state index contributed by atoms with van der Waals surface area (Å²) in [6.45, 7) is 1.58. The van der Waals surface area contributed by atoms with Gasteiger partial charge in [0.1, 0.15) is 5.75 Å². The molecular formula is C21H32N2O3. The van der Waals surface area contributed by atoms with E-state index in [1.165, 1.54) is 25.7 Å². The summed E-state index contributed by atoms with van der Waals surface area (Å²) < 4.78 is 5.26. The standard InChI is InChI=1S/C21H32N2O3/c1-26-19-11-6-8-17(14-19)15-23-13-7-12-21(25,20(23)24)16-22-18-9-4-2-3-5-10-18/h6,8,11,14,18,22,25H,2-5,7,9-10,12-13,15-16H2,1H3. The van der Waals surface area contributed by atoms with Crippen molar-refractivity contribution in [1.82, 2.24) is 10.2 Å². The highest BCUT2D eigenvalue weighted by molar-refractivity contribution is 5.86. The number of methoxy groups -OCH3 is 1. The molecule has 0 aromatic heterocycles. The van der Waals surface area contributed by atoms with Crippen LogP contribution in [0.25, 0.3) is 0 Å². The van der Waals surface area contributed by atoms with E-state index in [-0.39, 0.29) is 5.91 Å². The number of nitrogens with zero attached hydrogens (tertiary/aromatic N) is 1. The highest BCUT2D eigenvalue weighted by Gasteiger charge is 2.42. The second kappa shape index (κ2) is 8.87. The van der Waals surface area contributed by atoms with E-state index in [1.54, 1.807) is 12.0 Å². The van der Waals surface area contributed by atoms with Crippen LogP contribution in [0.3, 0.4) is 0 Å². The number of benzene rings is 1. The monoisotopic (exact) mass is 360 g/mol. The smallest absolute Gasteiger partial charge is 0.256 e. The third-order valence-electron chi connectivity index (χ3n) is 5.75. The van der Waals surface area contributed by atoms with E-state index in [0.29, 0.717) is 32.1 Å². The number of hydrogen-bond acceptors (Lipinski definition) is 4.